The van der Waals surface area contributed by atoms with E-state index in [-0.39, 0.29) is 57.0 Å². The molecule has 0 aliphatic carbocycles. The van der Waals surface area contributed by atoms with Crippen molar-refractivity contribution in [2.75, 3.05) is 32.8 Å². The molecule has 1 aromatic carbocycles. The summed E-state index contributed by atoms with van der Waals surface area (Å²) in [5, 5.41) is 4.89. The van der Waals surface area contributed by atoms with E-state index in [4.69, 9.17) is 9.47 Å². The number of halogens is 1. The number of esters is 2. The van der Waals surface area contributed by atoms with Gasteiger partial charge in [-0.2, -0.15) is 4.31 Å². The molecule has 2 aliphatic heterocycles. The number of amides is 2. The molecular weight excluding hydrogens is 445 g/mol. The van der Waals surface area contributed by atoms with Crippen molar-refractivity contribution >= 4 is 28.0 Å². The molecule has 2 heterocycles. The molecule has 32 heavy (non-hydrogen) atoms. The number of carbonyl (C=O) groups is 3. The summed E-state index contributed by atoms with van der Waals surface area (Å²) in [7, 11) is -4.01. The summed E-state index contributed by atoms with van der Waals surface area (Å²) in [5.41, 5.74) is 0.296. The van der Waals surface area contributed by atoms with Crippen molar-refractivity contribution in [3.63, 3.8) is 0 Å². The van der Waals surface area contributed by atoms with E-state index in [1.54, 1.807) is 6.92 Å². The maximum Gasteiger partial charge on any atom is 0.337 e. The molecule has 2 aliphatic rings. The molecule has 0 saturated carbocycles. The lowest BCUT2D eigenvalue weighted by molar-refractivity contribution is -0.149. The zero-order valence-electron chi connectivity index (χ0n) is 17.4. The molecule has 1 saturated heterocycles. The Morgan fingerprint density at radius 1 is 1.19 bits per heavy atom. The van der Waals surface area contributed by atoms with Gasteiger partial charge in [0.25, 0.3) is 0 Å². The van der Waals surface area contributed by atoms with Crippen LogP contribution in [0.2, 0.25) is 0 Å². The number of hydrogen-bond acceptors (Lipinski definition) is 7. The average molecular weight is 469 g/mol. The molecule has 2 N–H and O–H groups in total. The van der Waals surface area contributed by atoms with Crippen molar-refractivity contribution < 1.29 is 36.7 Å². The summed E-state index contributed by atoms with van der Waals surface area (Å²) in [6.45, 7) is 1.49. The highest BCUT2D eigenvalue weighted by Gasteiger charge is 2.34. The van der Waals surface area contributed by atoms with E-state index in [2.05, 4.69) is 10.6 Å². The van der Waals surface area contributed by atoms with Gasteiger partial charge < -0.3 is 20.1 Å². The van der Waals surface area contributed by atoms with Crippen LogP contribution in [0.15, 0.2) is 40.4 Å². The van der Waals surface area contributed by atoms with Gasteiger partial charge in [-0.1, -0.05) is 12.1 Å². The first-order valence-corrected chi connectivity index (χ1v) is 11.5. The first kappa shape index (κ1) is 23.7. The summed E-state index contributed by atoms with van der Waals surface area (Å²) in [4.78, 5) is 35.7. The number of ether oxygens (including phenoxy) is 2. The van der Waals surface area contributed by atoms with Crippen LogP contribution in [-0.2, 0) is 29.1 Å². The van der Waals surface area contributed by atoms with Crippen molar-refractivity contribution in [1.82, 2.24) is 14.9 Å². The molecule has 0 aromatic heterocycles. The molecule has 1 fully saturated rings. The van der Waals surface area contributed by atoms with Gasteiger partial charge in [0, 0.05) is 13.1 Å². The van der Waals surface area contributed by atoms with E-state index >= 15 is 0 Å². The second kappa shape index (κ2) is 10.1. The van der Waals surface area contributed by atoms with Crippen LogP contribution in [-0.4, -0.2) is 63.5 Å². The number of nitrogens with zero attached hydrogens (tertiary/aromatic N) is 1. The third kappa shape index (κ3) is 5.25. The Labute approximate surface area is 184 Å². The standard InChI is InChI=1S/C20H24FN3O7S/c1-2-30-19(26)14-11-22-20(27)23-16(14)12-31-18(25)13-7-9-24(10-8-13)32(28,29)17-6-4-3-5-15(17)21/h3-6,13H,2,7-12H2,1H3,(H2,22,23,27). The number of hydrogen-bond donors (Lipinski definition) is 2. The van der Waals surface area contributed by atoms with Crippen LogP contribution in [0, 0.1) is 11.7 Å². The summed E-state index contributed by atoms with van der Waals surface area (Å²) in [6.07, 6.45) is 0.397. The van der Waals surface area contributed by atoms with Gasteiger partial charge in [0.2, 0.25) is 10.0 Å². The Kier molecular flexibility index (Phi) is 7.46. The predicted octanol–water partition coefficient (Wildman–Crippen LogP) is 0.900. The lowest BCUT2D eigenvalue weighted by Gasteiger charge is -2.30. The van der Waals surface area contributed by atoms with E-state index in [9.17, 15) is 27.2 Å². The normalized spacial score (nSPS) is 18.0. The molecule has 0 spiro atoms. The Morgan fingerprint density at radius 2 is 1.88 bits per heavy atom. The van der Waals surface area contributed by atoms with E-state index in [0.717, 1.165) is 10.4 Å². The largest absolute Gasteiger partial charge is 0.463 e. The Morgan fingerprint density at radius 3 is 2.53 bits per heavy atom. The van der Waals surface area contributed by atoms with Gasteiger partial charge in [0.15, 0.2) is 0 Å². The van der Waals surface area contributed by atoms with E-state index < -0.39 is 44.6 Å². The third-order valence-electron chi connectivity index (χ3n) is 5.18. The van der Waals surface area contributed by atoms with Gasteiger partial charge in [0.1, 0.15) is 17.3 Å². The lowest BCUT2D eigenvalue weighted by atomic mass is 9.98. The number of benzene rings is 1. The molecular formula is C20H24FN3O7S. The number of nitrogens with one attached hydrogen (secondary N) is 2. The summed E-state index contributed by atoms with van der Waals surface area (Å²) >= 11 is 0. The van der Waals surface area contributed by atoms with Gasteiger partial charge in [-0.3, -0.25) is 4.79 Å². The highest BCUT2D eigenvalue weighted by Crippen LogP contribution is 2.26. The zero-order chi connectivity index (χ0) is 23.3. The van der Waals surface area contributed by atoms with Crippen LogP contribution >= 0.6 is 0 Å². The minimum atomic E-state index is -4.01. The van der Waals surface area contributed by atoms with Crippen molar-refractivity contribution in [1.29, 1.82) is 0 Å². The van der Waals surface area contributed by atoms with Crippen LogP contribution in [0.5, 0.6) is 0 Å². The van der Waals surface area contributed by atoms with Gasteiger partial charge in [-0.05, 0) is 31.9 Å². The predicted molar refractivity (Wildman–Crippen MR) is 109 cm³/mol. The molecule has 174 valence electrons. The van der Waals surface area contributed by atoms with Crippen molar-refractivity contribution in [2.24, 2.45) is 5.92 Å². The Hall–Kier alpha value is -2.99. The van der Waals surface area contributed by atoms with Crippen LogP contribution in [0.25, 0.3) is 0 Å². The zero-order valence-corrected chi connectivity index (χ0v) is 18.2. The summed E-state index contributed by atoms with van der Waals surface area (Å²) in [5.74, 6) is -2.59. The van der Waals surface area contributed by atoms with Gasteiger partial charge in [-0.15, -0.1) is 0 Å². The molecule has 0 bridgehead atoms. The number of rotatable bonds is 7. The molecule has 2 amide bonds. The Balaban J connectivity index is 1.59. The van der Waals surface area contributed by atoms with Crippen LogP contribution < -0.4 is 10.6 Å². The fourth-order valence-corrected chi connectivity index (χ4v) is 4.99. The topological polar surface area (TPSA) is 131 Å². The number of piperidine rings is 1. The maximum absolute atomic E-state index is 13.9. The first-order valence-electron chi connectivity index (χ1n) is 10.1. The van der Waals surface area contributed by atoms with E-state index in [1.165, 1.54) is 18.2 Å². The van der Waals surface area contributed by atoms with Crippen molar-refractivity contribution in [3.05, 3.63) is 41.4 Å². The van der Waals surface area contributed by atoms with Crippen molar-refractivity contribution in [3.8, 4) is 0 Å². The van der Waals surface area contributed by atoms with E-state index in [0.29, 0.717) is 0 Å². The van der Waals surface area contributed by atoms with Crippen molar-refractivity contribution in [2.45, 2.75) is 24.7 Å². The minimum absolute atomic E-state index is 0.0356. The highest BCUT2D eigenvalue weighted by atomic mass is 32.2. The average Bonchev–Trinajstić information content (AvgIpc) is 2.78. The van der Waals surface area contributed by atoms with Crippen LogP contribution in [0.4, 0.5) is 9.18 Å². The third-order valence-corrected chi connectivity index (χ3v) is 7.11. The van der Waals surface area contributed by atoms with Gasteiger partial charge in [0.05, 0.1) is 30.3 Å². The molecule has 12 heteroatoms. The number of carbonyl (C=O) groups excluding carboxylic acids is 3. The SMILES string of the molecule is CCOC(=O)C1=C(COC(=O)C2CCN(S(=O)(=O)c3ccccc3F)CC2)NC(=O)NC1. The minimum Gasteiger partial charge on any atom is -0.463 e. The quantitative estimate of drug-likeness (QED) is 0.567. The molecule has 0 radical (unpaired) electrons. The molecule has 1 aromatic rings. The van der Waals surface area contributed by atoms with Crippen LogP contribution in [0.1, 0.15) is 19.8 Å². The number of urea groups is 1. The lowest BCUT2D eigenvalue weighted by Crippen LogP contribution is -2.45. The molecule has 0 unspecified atom stereocenters. The smallest absolute Gasteiger partial charge is 0.337 e. The van der Waals surface area contributed by atoms with E-state index in [1.807, 2.05) is 0 Å². The molecule has 0 atom stereocenters. The van der Waals surface area contributed by atoms with Gasteiger partial charge in [-0.25, -0.2) is 22.4 Å². The van der Waals surface area contributed by atoms with Crippen LogP contribution in [0.3, 0.4) is 0 Å². The summed E-state index contributed by atoms with van der Waals surface area (Å²) < 4.78 is 50.6. The fraction of sp³-hybridized carbons (Fsp3) is 0.450. The first-order chi connectivity index (χ1) is 15.2. The number of sulfonamides is 1. The second-order valence-corrected chi connectivity index (χ2v) is 9.11. The summed E-state index contributed by atoms with van der Waals surface area (Å²) in [6, 6.07) is 4.60. The monoisotopic (exact) mass is 469 g/mol. The Bertz CT molecular complexity index is 1030. The van der Waals surface area contributed by atoms with Gasteiger partial charge >= 0.3 is 18.0 Å². The molecule has 3 rings (SSSR count). The second-order valence-electron chi connectivity index (χ2n) is 7.20. The highest BCUT2D eigenvalue weighted by molar-refractivity contribution is 7.89. The maximum atomic E-state index is 13.9. The fourth-order valence-electron chi connectivity index (χ4n) is 3.45. The molecule has 10 nitrogen and oxygen atoms in total.